The molecule has 1 unspecified atom stereocenters. The fourth-order valence-corrected chi connectivity index (χ4v) is 2.35. The summed E-state index contributed by atoms with van der Waals surface area (Å²) in [4.78, 5) is 0. The molecule has 0 saturated heterocycles. The van der Waals surface area contributed by atoms with Crippen LogP contribution >= 0.6 is 0 Å². The van der Waals surface area contributed by atoms with Gasteiger partial charge in [-0.1, -0.05) is 41.0 Å². The van der Waals surface area contributed by atoms with Crippen LogP contribution in [0.3, 0.4) is 0 Å². The van der Waals surface area contributed by atoms with Gasteiger partial charge in [0.2, 0.25) is 0 Å². The van der Waals surface area contributed by atoms with Crippen LogP contribution in [0.2, 0.25) is 0 Å². The van der Waals surface area contributed by atoms with E-state index < -0.39 is 0 Å². The van der Waals surface area contributed by atoms with Crippen molar-refractivity contribution in [3.8, 4) is 0 Å². The number of aryl methyl sites for hydroxylation is 1. The van der Waals surface area contributed by atoms with Crippen molar-refractivity contribution < 1.29 is 0 Å². The number of rotatable bonds is 0. The molecule has 2 radical (unpaired) electrons. The zero-order valence-corrected chi connectivity index (χ0v) is 7.74. The van der Waals surface area contributed by atoms with E-state index in [2.05, 4.69) is 40.6 Å². The van der Waals surface area contributed by atoms with Crippen LogP contribution in [-0.2, 0) is 6.42 Å². The highest BCUT2D eigenvalue weighted by Crippen LogP contribution is 2.28. The van der Waals surface area contributed by atoms with E-state index in [0.717, 1.165) is 0 Å². The van der Waals surface area contributed by atoms with E-state index in [1.165, 1.54) is 19.3 Å². The first-order valence-corrected chi connectivity index (χ1v) is 4.88. The fourth-order valence-electron chi connectivity index (χ4n) is 1.79. The van der Waals surface area contributed by atoms with Gasteiger partial charge in [0.05, 0.1) is 0 Å². The largest absolute Gasteiger partial charge is 0.131 e. The van der Waals surface area contributed by atoms with E-state index in [0.29, 0.717) is 4.78 Å². The molecule has 0 amide bonds. The van der Waals surface area contributed by atoms with Crippen LogP contribution < -0.4 is 0 Å². The lowest BCUT2D eigenvalue weighted by molar-refractivity contribution is 0.667. The molecule has 0 aromatic heterocycles. The third kappa shape index (κ3) is 1.36. The van der Waals surface area contributed by atoms with Crippen LogP contribution in [0.5, 0.6) is 0 Å². The minimum absolute atomic E-state index is 0.708. The molecule has 1 aliphatic rings. The lowest BCUT2D eigenvalue weighted by Crippen LogP contribution is -2.08. The Balaban J connectivity index is 2.44. The van der Waals surface area contributed by atoms with E-state index >= 15 is 0 Å². The average Bonchev–Trinajstić information content (AvgIpc) is 2.06. The topological polar surface area (TPSA) is 0 Å². The van der Waals surface area contributed by atoms with Gasteiger partial charge in [0, 0.05) is 0 Å². The Labute approximate surface area is 76.0 Å². The monoisotopic (exact) mass is 158 g/mol. The molecule has 0 saturated carbocycles. The molecule has 0 spiro atoms. The van der Waals surface area contributed by atoms with Crippen LogP contribution in [0.1, 0.15) is 28.7 Å². The SMILES string of the molecule is [Al][CH]1CCCc2ccccc21. The second-order valence-corrected chi connectivity index (χ2v) is 4.00. The maximum Gasteiger partial charge on any atom is 0.131 e. The second-order valence-electron chi connectivity index (χ2n) is 3.20. The smallest absolute Gasteiger partial charge is 0.0837 e. The summed E-state index contributed by atoms with van der Waals surface area (Å²) >= 11 is 2.93. The molecule has 0 fully saturated rings. The van der Waals surface area contributed by atoms with Crippen molar-refractivity contribution in [2.75, 3.05) is 0 Å². The van der Waals surface area contributed by atoms with Crippen molar-refractivity contribution >= 4 is 16.3 Å². The lowest BCUT2D eigenvalue weighted by Gasteiger charge is -2.22. The number of hydrogen-bond donors (Lipinski definition) is 0. The van der Waals surface area contributed by atoms with Crippen molar-refractivity contribution in [2.45, 2.75) is 24.0 Å². The van der Waals surface area contributed by atoms with Crippen molar-refractivity contribution in [1.29, 1.82) is 0 Å². The quantitative estimate of drug-likeness (QED) is 0.508. The molecule has 0 aliphatic heterocycles. The Hall–Kier alpha value is -0.248. The Morgan fingerprint density at radius 2 is 2.09 bits per heavy atom. The van der Waals surface area contributed by atoms with E-state index in [-0.39, 0.29) is 0 Å². The van der Waals surface area contributed by atoms with Crippen LogP contribution in [-0.4, -0.2) is 16.3 Å². The van der Waals surface area contributed by atoms with Gasteiger partial charge in [-0.25, -0.2) is 0 Å². The molecule has 0 bridgehead atoms. The van der Waals surface area contributed by atoms with Crippen LogP contribution in [0.25, 0.3) is 0 Å². The maximum absolute atomic E-state index is 2.93. The van der Waals surface area contributed by atoms with Crippen molar-refractivity contribution in [3.05, 3.63) is 35.4 Å². The molecule has 0 heterocycles. The third-order valence-corrected chi connectivity index (χ3v) is 3.11. The molecular weight excluding hydrogens is 147 g/mol. The minimum Gasteiger partial charge on any atom is -0.0837 e. The van der Waals surface area contributed by atoms with E-state index in [4.69, 9.17) is 0 Å². The molecule has 11 heavy (non-hydrogen) atoms. The van der Waals surface area contributed by atoms with E-state index in [1.807, 2.05) is 0 Å². The average molecular weight is 158 g/mol. The molecule has 54 valence electrons. The summed E-state index contributed by atoms with van der Waals surface area (Å²) in [5.41, 5.74) is 3.10. The van der Waals surface area contributed by atoms with Gasteiger partial charge in [-0.2, -0.15) is 0 Å². The van der Waals surface area contributed by atoms with Gasteiger partial charge in [0.1, 0.15) is 16.3 Å². The molecule has 1 heteroatoms. The first-order valence-electron chi connectivity index (χ1n) is 4.21. The highest BCUT2D eigenvalue weighted by molar-refractivity contribution is 6.12. The van der Waals surface area contributed by atoms with Crippen molar-refractivity contribution in [1.82, 2.24) is 0 Å². The Bertz CT molecular complexity index is 255. The van der Waals surface area contributed by atoms with E-state index in [9.17, 15) is 0 Å². The first-order chi connectivity index (χ1) is 5.38. The molecule has 1 aromatic rings. The van der Waals surface area contributed by atoms with Gasteiger partial charge in [-0.3, -0.25) is 0 Å². The van der Waals surface area contributed by atoms with Crippen molar-refractivity contribution in [2.24, 2.45) is 0 Å². The summed E-state index contributed by atoms with van der Waals surface area (Å²) in [6.07, 6.45) is 3.97. The standard InChI is InChI=1S/C10H11.Al/c1-2-6-10-8-4-3-7-9(10)5-1;/h1-2,5-7H,3-4,8H2;. The molecule has 1 aliphatic carbocycles. The van der Waals surface area contributed by atoms with Crippen LogP contribution in [0.15, 0.2) is 24.3 Å². The van der Waals surface area contributed by atoms with Crippen molar-refractivity contribution in [3.63, 3.8) is 0 Å². The Kier molecular flexibility index (Phi) is 2.03. The number of hydrogen-bond acceptors (Lipinski definition) is 0. The fraction of sp³-hybridized carbons (Fsp3) is 0.400. The molecule has 0 N–H and O–H groups in total. The van der Waals surface area contributed by atoms with Crippen LogP contribution in [0, 0.1) is 0 Å². The Morgan fingerprint density at radius 1 is 1.27 bits per heavy atom. The molecule has 2 rings (SSSR count). The highest BCUT2D eigenvalue weighted by atomic mass is 27.0. The highest BCUT2D eigenvalue weighted by Gasteiger charge is 2.13. The lowest BCUT2D eigenvalue weighted by atomic mass is 9.91. The van der Waals surface area contributed by atoms with Gasteiger partial charge in [0.25, 0.3) is 0 Å². The van der Waals surface area contributed by atoms with Crippen LogP contribution in [0.4, 0.5) is 0 Å². The maximum atomic E-state index is 2.93. The number of fused-ring (bicyclic) bond motifs is 1. The molecule has 1 aromatic carbocycles. The summed E-state index contributed by atoms with van der Waals surface area (Å²) in [5, 5.41) is 0. The first kappa shape index (κ1) is 7.40. The predicted octanol–water partition coefficient (Wildman–Crippen LogP) is 2.23. The van der Waals surface area contributed by atoms with Gasteiger partial charge in [-0.15, -0.1) is 0 Å². The number of benzene rings is 1. The summed E-state index contributed by atoms with van der Waals surface area (Å²) in [6, 6.07) is 8.79. The summed E-state index contributed by atoms with van der Waals surface area (Å²) in [7, 11) is 0. The molecular formula is C10H11Al. The Morgan fingerprint density at radius 3 is 2.91 bits per heavy atom. The van der Waals surface area contributed by atoms with E-state index in [1.54, 1.807) is 11.1 Å². The molecule has 0 nitrogen and oxygen atoms in total. The normalized spacial score (nSPS) is 22.7. The summed E-state index contributed by atoms with van der Waals surface area (Å²) < 4.78 is 0.708. The predicted molar refractivity (Wildman–Crippen MR) is 47.9 cm³/mol. The zero-order chi connectivity index (χ0) is 7.68. The zero-order valence-electron chi connectivity index (χ0n) is 6.59. The van der Waals surface area contributed by atoms with Gasteiger partial charge in [0.15, 0.2) is 0 Å². The summed E-state index contributed by atoms with van der Waals surface area (Å²) in [5.74, 6) is 0. The van der Waals surface area contributed by atoms with Gasteiger partial charge < -0.3 is 0 Å². The summed E-state index contributed by atoms with van der Waals surface area (Å²) in [6.45, 7) is 0. The third-order valence-electron chi connectivity index (χ3n) is 2.42. The minimum atomic E-state index is 0.708. The second kappa shape index (κ2) is 3.01. The van der Waals surface area contributed by atoms with Gasteiger partial charge >= 0.3 is 0 Å². The molecule has 1 atom stereocenters. The van der Waals surface area contributed by atoms with Gasteiger partial charge in [-0.05, 0) is 18.4 Å².